The van der Waals surface area contributed by atoms with Crippen molar-refractivity contribution in [3.8, 4) is 22.6 Å². The average molecular weight is 477 g/mol. The average Bonchev–Trinajstić information content (AvgIpc) is 3.32. The van der Waals surface area contributed by atoms with Crippen LogP contribution in [0.1, 0.15) is 18.5 Å². The van der Waals surface area contributed by atoms with Crippen molar-refractivity contribution in [2.45, 2.75) is 12.8 Å². The number of hydrogen-bond donors (Lipinski definition) is 0. The molecule has 1 aliphatic heterocycles. The molecular weight excluding hydrogens is 452 g/mol. The Morgan fingerprint density at radius 2 is 1.14 bits per heavy atom. The topological polar surface area (TPSA) is 43.1 Å². The van der Waals surface area contributed by atoms with Gasteiger partial charge in [0.1, 0.15) is 5.82 Å². The number of rotatable bonds is 4. The molecular formula is C33H24N4. The molecule has 0 unspecified atom stereocenters. The minimum atomic E-state index is 0.715. The van der Waals surface area contributed by atoms with Gasteiger partial charge in [-0.2, -0.15) is 0 Å². The zero-order chi connectivity index (χ0) is 24.6. The highest BCUT2D eigenvalue weighted by molar-refractivity contribution is 6.11. The van der Waals surface area contributed by atoms with Gasteiger partial charge in [0, 0.05) is 21.9 Å². The van der Waals surface area contributed by atoms with Gasteiger partial charge in [0.2, 0.25) is 0 Å². The Kier molecular flexibility index (Phi) is 5.21. The van der Waals surface area contributed by atoms with E-state index in [2.05, 4.69) is 89.5 Å². The number of benzene rings is 4. The third-order valence-corrected chi connectivity index (χ3v) is 6.89. The summed E-state index contributed by atoms with van der Waals surface area (Å²) in [5, 5.41) is 2.47. The molecule has 0 saturated carbocycles. The number of aromatic nitrogens is 3. The van der Waals surface area contributed by atoms with Crippen LogP contribution in [0.15, 0.2) is 126 Å². The summed E-state index contributed by atoms with van der Waals surface area (Å²) in [6, 6.07) is 39.6. The minimum Gasteiger partial charge on any atom is -0.294 e. The molecule has 0 atom stereocenters. The summed E-state index contributed by atoms with van der Waals surface area (Å²) >= 11 is 0. The lowest BCUT2D eigenvalue weighted by Crippen LogP contribution is -2.11. The second kappa shape index (κ2) is 8.99. The van der Waals surface area contributed by atoms with E-state index in [4.69, 9.17) is 15.0 Å². The summed E-state index contributed by atoms with van der Waals surface area (Å²) < 4.78 is 2.28. The summed E-state index contributed by atoms with van der Waals surface area (Å²) in [6.45, 7) is 0. The fraction of sp³-hybridized carbons (Fsp3) is 0.0606. The molecule has 0 radical (unpaired) electrons. The minimum absolute atomic E-state index is 0.715. The van der Waals surface area contributed by atoms with Crippen LogP contribution in [0.4, 0.5) is 0 Å². The van der Waals surface area contributed by atoms with Crippen LogP contribution < -0.4 is 0 Å². The Morgan fingerprint density at radius 3 is 1.81 bits per heavy atom. The number of hydrogen-bond acceptors (Lipinski definition) is 3. The first kappa shape index (κ1) is 21.5. The molecule has 0 saturated heterocycles. The van der Waals surface area contributed by atoms with Crippen LogP contribution in [0.3, 0.4) is 0 Å². The van der Waals surface area contributed by atoms with E-state index in [1.807, 2.05) is 36.4 Å². The first-order valence-corrected chi connectivity index (χ1v) is 12.6. The van der Waals surface area contributed by atoms with Crippen molar-refractivity contribution < 1.29 is 0 Å². The highest BCUT2D eigenvalue weighted by Gasteiger charge is 2.19. The molecule has 0 spiro atoms. The van der Waals surface area contributed by atoms with Crippen molar-refractivity contribution in [1.82, 2.24) is 14.5 Å². The number of nitrogens with zero attached hydrogens (tertiary/aromatic N) is 4. The predicted octanol–water partition coefficient (Wildman–Crippen LogP) is 8.00. The zero-order valence-corrected chi connectivity index (χ0v) is 20.3. The summed E-state index contributed by atoms with van der Waals surface area (Å²) in [7, 11) is 0. The highest BCUT2D eigenvalue weighted by atomic mass is 15.1. The molecule has 0 aliphatic carbocycles. The van der Waals surface area contributed by atoms with Gasteiger partial charge in [-0.15, -0.1) is 0 Å². The second-order valence-corrected chi connectivity index (χ2v) is 9.22. The van der Waals surface area contributed by atoms with Gasteiger partial charge < -0.3 is 0 Å². The fourth-order valence-corrected chi connectivity index (χ4v) is 5.14. The Labute approximate surface area is 215 Å². The summed E-state index contributed by atoms with van der Waals surface area (Å²) in [4.78, 5) is 15.2. The summed E-state index contributed by atoms with van der Waals surface area (Å²) in [5.74, 6) is 1.66. The van der Waals surface area contributed by atoms with Gasteiger partial charge in [-0.25, -0.2) is 15.0 Å². The monoisotopic (exact) mass is 476 g/mol. The lowest BCUT2D eigenvalue weighted by molar-refractivity contribution is 1.01. The molecule has 4 aromatic carbocycles. The SMILES string of the molecule is C1=C(n2c3ccccc3c3ccccc32)N=C(c2cc(-c3ccccc3)nc(-c3ccccc3)n2)CC1. The molecule has 37 heavy (non-hydrogen) atoms. The molecule has 0 N–H and O–H groups in total. The lowest BCUT2D eigenvalue weighted by Gasteiger charge is -2.17. The van der Waals surface area contributed by atoms with E-state index < -0.39 is 0 Å². The van der Waals surface area contributed by atoms with Gasteiger partial charge in [0.15, 0.2) is 5.82 Å². The lowest BCUT2D eigenvalue weighted by atomic mass is 10.0. The van der Waals surface area contributed by atoms with Crippen LogP contribution in [0.25, 0.3) is 50.3 Å². The van der Waals surface area contributed by atoms with Crippen molar-refractivity contribution in [3.05, 3.63) is 127 Å². The van der Waals surface area contributed by atoms with Gasteiger partial charge in [0.05, 0.1) is 28.1 Å². The Balaban J connectivity index is 1.40. The van der Waals surface area contributed by atoms with Crippen molar-refractivity contribution >= 4 is 33.3 Å². The number of para-hydroxylation sites is 2. The van der Waals surface area contributed by atoms with Crippen molar-refractivity contribution in [2.75, 3.05) is 0 Å². The van der Waals surface area contributed by atoms with E-state index in [0.29, 0.717) is 5.82 Å². The molecule has 3 heterocycles. The van der Waals surface area contributed by atoms with E-state index in [9.17, 15) is 0 Å². The van der Waals surface area contributed by atoms with Gasteiger partial charge in [-0.05, 0) is 37.1 Å². The molecule has 0 bridgehead atoms. The Bertz CT molecular complexity index is 1700. The van der Waals surface area contributed by atoms with E-state index >= 15 is 0 Å². The molecule has 7 rings (SSSR count). The van der Waals surface area contributed by atoms with Crippen molar-refractivity contribution in [2.24, 2.45) is 4.99 Å². The van der Waals surface area contributed by atoms with Crippen LogP contribution in [0.2, 0.25) is 0 Å². The van der Waals surface area contributed by atoms with Gasteiger partial charge in [0.25, 0.3) is 0 Å². The quantitative estimate of drug-likeness (QED) is 0.259. The number of allylic oxidation sites excluding steroid dienone is 1. The summed E-state index contributed by atoms with van der Waals surface area (Å²) in [5.41, 5.74) is 7.15. The molecule has 4 heteroatoms. The molecule has 0 fully saturated rings. The Morgan fingerprint density at radius 1 is 0.568 bits per heavy atom. The van der Waals surface area contributed by atoms with E-state index in [-0.39, 0.29) is 0 Å². The maximum absolute atomic E-state index is 5.21. The predicted molar refractivity (Wildman–Crippen MR) is 152 cm³/mol. The Hall–Kier alpha value is -4.83. The summed E-state index contributed by atoms with van der Waals surface area (Å²) in [6.07, 6.45) is 3.97. The molecule has 4 nitrogen and oxygen atoms in total. The number of fused-ring (bicyclic) bond motifs is 3. The van der Waals surface area contributed by atoms with Crippen LogP contribution in [-0.2, 0) is 0 Å². The van der Waals surface area contributed by atoms with E-state index in [1.165, 1.54) is 10.8 Å². The van der Waals surface area contributed by atoms with Crippen LogP contribution in [0, 0.1) is 0 Å². The first-order valence-electron chi connectivity index (χ1n) is 12.6. The highest BCUT2D eigenvalue weighted by Crippen LogP contribution is 2.34. The first-order chi connectivity index (χ1) is 18.3. The third-order valence-electron chi connectivity index (χ3n) is 6.89. The van der Waals surface area contributed by atoms with Crippen LogP contribution in [-0.4, -0.2) is 20.2 Å². The number of aliphatic imine (C=N–C) groups is 1. The van der Waals surface area contributed by atoms with Crippen molar-refractivity contribution in [1.29, 1.82) is 0 Å². The molecule has 176 valence electrons. The van der Waals surface area contributed by atoms with Gasteiger partial charge in [-0.1, -0.05) is 97.1 Å². The van der Waals surface area contributed by atoms with Crippen LogP contribution >= 0.6 is 0 Å². The van der Waals surface area contributed by atoms with E-state index in [1.54, 1.807) is 0 Å². The second-order valence-electron chi connectivity index (χ2n) is 9.22. The molecule has 6 aromatic rings. The van der Waals surface area contributed by atoms with Crippen LogP contribution in [0.5, 0.6) is 0 Å². The normalized spacial score (nSPS) is 13.5. The zero-order valence-electron chi connectivity index (χ0n) is 20.3. The maximum Gasteiger partial charge on any atom is 0.160 e. The molecule has 0 amide bonds. The largest absolute Gasteiger partial charge is 0.294 e. The van der Waals surface area contributed by atoms with Gasteiger partial charge in [-0.3, -0.25) is 4.57 Å². The fourth-order valence-electron chi connectivity index (χ4n) is 5.14. The van der Waals surface area contributed by atoms with Crippen molar-refractivity contribution in [3.63, 3.8) is 0 Å². The van der Waals surface area contributed by atoms with E-state index in [0.717, 1.165) is 57.9 Å². The molecule has 1 aliphatic rings. The molecule has 2 aromatic heterocycles. The standard InChI is InChI=1S/C33H24N4/c1-3-12-23(13-4-1)28-22-29(36-33(35-28)24-14-5-2-6-15-24)27-18-11-21-32(34-27)37-30-19-9-7-16-25(30)26-17-8-10-20-31(26)37/h1-10,12-17,19-22H,11,18H2. The smallest absolute Gasteiger partial charge is 0.160 e. The third kappa shape index (κ3) is 3.83. The maximum atomic E-state index is 5.21. The van der Waals surface area contributed by atoms with Gasteiger partial charge >= 0.3 is 0 Å².